The first-order valence-electron chi connectivity index (χ1n) is 8.54. The normalized spacial score (nSPS) is 14.7. The summed E-state index contributed by atoms with van der Waals surface area (Å²) in [5, 5.41) is 6.81. The first-order chi connectivity index (χ1) is 12.9. The zero-order valence-electron chi connectivity index (χ0n) is 14.8. The molecule has 0 bridgehead atoms. The fraction of sp³-hybridized carbons (Fsp3) is 0.263. The van der Waals surface area contributed by atoms with E-state index in [0.717, 1.165) is 31.9 Å². The number of rotatable bonds is 3. The number of nitrogens with one attached hydrogen (secondary N) is 2. The molecule has 1 amide bonds. The van der Waals surface area contributed by atoms with Crippen LogP contribution in [-0.2, 0) is 0 Å². The van der Waals surface area contributed by atoms with Crippen LogP contribution in [0, 0.1) is 0 Å². The molecule has 0 aromatic heterocycles. The topological polar surface area (TPSA) is 47.6 Å². The van der Waals surface area contributed by atoms with E-state index < -0.39 is 0 Å². The molecule has 8 heteroatoms. The Morgan fingerprint density at radius 1 is 1.04 bits per heavy atom. The summed E-state index contributed by atoms with van der Waals surface area (Å²) >= 11 is 17.7. The van der Waals surface area contributed by atoms with Gasteiger partial charge in [0.1, 0.15) is 0 Å². The van der Waals surface area contributed by atoms with Gasteiger partial charge in [-0.3, -0.25) is 10.1 Å². The third kappa shape index (κ3) is 5.11. The first kappa shape index (κ1) is 19.9. The van der Waals surface area contributed by atoms with Crippen LogP contribution < -0.4 is 15.5 Å². The predicted molar refractivity (Wildman–Crippen MR) is 116 cm³/mol. The molecule has 1 fully saturated rings. The van der Waals surface area contributed by atoms with Gasteiger partial charge in [0.05, 0.1) is 21.3 Å². The number of carbonyl (C=O) groups excluding carboxylic acids is 1. The zero-order chi connectivity index (χ0) is 19.4. The Balaban J connectivity index is 1.62. The Hall–Kier alpha value is -1.86. The molecule has 0 saturated carbocycles. The van der Waals surface area contributed by atoms with Gasteiger partial charge in [-0.1, -0.05) is 35.3 Å². The molecule has 1 heterocycles. The van der Waals surface area contributed by atoms with E-state index in [1.54, 1.807) is 24.3 Å². The van der Waals surface area contributed by atoms with Gasteiger partial charge in [0.25, 0.3) is 5.91 Å². The van der Waals surface area contributed by atoms with Crippen LogP contribution in [-0.4, -0.2) is 49.1 Å². The van der Waals surface area contributed by atoms with E-state index >= 15 is 0 Å². The molecule has 5 nitrogen and oxygen atoms in total. The van der Waals surface area contributed by atoms with Crippen LogP contribution >= 0.6 is 35.4 Å². The summed E-state index contributed by atoms with van der Waals surface area (Å²) in [6, 6.07) is 12.5. The highest BCUT2D eigenvalue weighted by Gasteiger charge is 2.17. The number of benzene rings is 2. The van der Waals surface area contributed by atoms with Crippen molar-refractivity contribution in [2.75, 3.05) is 43.4 Å². The molecule has 142 valence electrons. The van der Waals surface area contributed by atoms with Gasteiger partial charge in [0.2, 0.25) is 0 Å². The van der Waals surface area contributed by atoms with E-state index in [1.165, 1.54) is 0 Å². The minimum Gasteiger partial charge on any atom is -0.368 e. The minimum atomic E-state index is -0.363. The lowest BCUT2D eigenvalue weighted by Crippen LogP contribution is -2.44. The lowest BCUT2D eigenvalue weighted by molar-refractivity contribution is 0.0978. The summed E-state index contributed by atoms with van der Waals surface area (Å²) in [5.41, 5.74) is 2.08. The predicted octanol–water partition coefficient (Wildman–Crippen LogP) is 3.87. The molecular weight excluding hydrogens is 403 g/mol. The number of thiocarbonyl (C=S) groups is 1. The maximum Gasteiger partial charge on any atom is 0.258 e. The van der Waals surface area contributed by atoms with Crippen LogP contribution in [0.4, 0.5) is 11.4 Å². The van der Waals surface area contributed by atoms with Gasteiger partial charge < -0.3 is 15.1 Å². The summed E-state index contributed by atoms with van der Waals surface area (Å²) in [4.78, 5) is 16.8. The van der Waals surface area contributed by atoms with Crippen molar-refractivity contribution >= 4 is 57.8 Å². The number of anilines is 2. The highest BCUT2D eigenvalue weighted by Crippen LogP contribution is 2.29. The van der Waals surface area contributed by atoms with Crippen molar-refractivity contribution < 1.29 is 4.79 Å². The van der Waals surface area contributed by atoms with Crippen LogP contribution in [0.25, 0.3) is 0 Å². The lowest BCUT2D eigenvalue weighted by atomic mass is 10.2. The lowest BCUT2D eigenvalue weighted by Gasteiger charge is -2.34. The fourth-order valence-electron chi connectivity index (χ4n) is 2.87. The summed E-state index contributed by atoms with van der Waals surface area (Å²) < 4.78 is 0. The molecule has 3 rings (SSSR count). The summed E-state index contributed by atoms with van der Waals surface area (Å²) in [5.74, 6) is -0.363. The molecule has 2 aromatic carbocycles. The van der Waals surface area contributed by atoms with Crippen LogP contribution in [0.15, 0.2) is 42.5 Å². The summed E-state index contributed by atoms with van der Waals surface area (Å²) in [6.45, 7) is 3.90. The van der Waals surface area contributed by atoms with Gasteiger partial charge in [-0.25, -0.2) is 0 Å². The summed E-state index contributed by atoms with van der Waals surface area (Å²) in [6.07, 6.45) is 0. The Bertz CT molecular complexity index is 853. The second-order valence-electron chi connectivity index (χ2n) is 6.34. The number of halogens is 2. The van der Waals surface area contributed by atoms with Crippen LogP contribution in [0.1, 0.15) is 10.4 Å². The molecule has 0 unspecified atom stereocenters. The minimum absolute atomic E-state index is 0.184. The highest BCUT2D eigenvalue weighted by molar-refractivity contribution is 7.80. The number of nitrogens with zero attached hydrogens (tertiary/aromatic N) is 2. The molecule has 2 aromatic rings. The van der Waals surface area contributed by atoms with Crippen molar-refractivity contribution in [1.29, 1.82) is 0 Å². The molecule has 0 spiro atoms. The van der Waals surface area contributed by atoms with Crippen LogP contribution in [0.3, 0.4) is 0 Å². The zero-order valence-corrected chi connectivity index (χ0v) is 17.2. The quantitative estimate of drug-likeness (QED) is 0.735. The van der Waals surface area contributed by atoms with Crippen LogP contribution in [0.2, 0.25) is 10.0 Å². The molecule has 0 aliphatic carbocycles. The molecule has 1 saturated heterocycles. The second-order valence-corrected chi connectivity index (χ2v) is 7.57. The smallest absolute Gasteiger partial charge is 0.258 e. The van der Waals surface area contributed by atoms with Crippen molar-refractivity contribution in [2.24, 2.45) is 0 Å². The van der Waals surface area contributed by atoms with Crippen molar-refractivity contribution in [1.82, 2.24) is 10.2 Å². The maximum atomic E-state index is 12.3. The molecule has 0 atom stereocenters. The van der Waals surface area contributed by atoms with Gasteiger partial charge in [-0.05, 0) is 49.6 Å². The van der Waals surface area contributed by atoms with Crippen molar-refractivity contribution in [3.63, 3.8) is 0 Å². The number of piperazine rings is 1. The molecular formula is C19H20Cl2N4OS. The molecule has 1 aliphatic rings. The monoisotopic (exact) mass is 422 g/mol. The first-order valence-corrected chi connectivity index (χ1v) is 9.70. The molecule has 0 radical (unpaired) electrons. The molecule has 1 aliphatic heterocycles. The number of amides is 1. The van der Waals surface area contributed by atoms with Gasteiger partial charge in [0, 0.05) is 31.9 Å². The van der Waals surface area contributed by atoms with E-state index in [1.807, 2.05) is 18.2 Å². The van der Waals surface area contributed by atoms with E-state index in [0.29, 0.717) is 21.3 Å². The maximum absolute atomic E-state index is 12.3. The Morgan fingerprint density at radius 2 is 1.74 bits per heavy atom. The number of likely N-dealkylation sites (N-methyl/N-ethyl adjacent to an activating group) is 1. The Kier molecular flexibility index (Phi) is 6.55. The van der Waals surface area contributed by atoms with Crippen molar-refractivity contribution in [2.45, 2.75) is 0 Å². The second kappa shape index (κ2) is 8.89. The Labute approximate surface area is 174 Å². The third-order valence-electron chi connectivity index (χ3n) is 4.40. The average Bonchev–Trinajstić information content (AvgIpc) is 2.63. The molecule has 27 heavy (non-hydrogen) atoms. The van der Waals surface area contributed by atoms with Gasteiger partial charge in [-0.2, -0.15) is 0 Å². The Morgan fingerprint density at radius 3 is 2.41 bits per heavy atom. The van der Waals surface area contributed by atoms with E-state index in [2.05, 4.69) is 27.5 Å². The number of hydrogen-bond donors (Lipinski definition) is 2. The number of carbonyl (C=O) groups is 1. The standard InChI is InChI=1S/C19H20Cl2N4OS/c1-24-8-10-25(11-9-24)17-7-6-13(12-16(17)21)22-19(27)23-18(26)14-4-2-3-5-15(14)20/h2-7,12H,8-11H2,1H3,(H2,22,23,26,27). The van der Waals surface area contributed by atoms with Gasteiger partial charge in [-0.15, -0.1) is 0 Å². The van der Waals surface area contributed by atoms with Crippen molar-refractivity contribution in [3.8, 4) is 0 Å². The van der Waals surface area contributed by atoms with Gasteiger partial charge >= 0.3 is 0 Å². The summed E-state index contributed by atoms with van der Waals surface area (Å²) in [7, 11) is 2.11. The third-order valence-corrected chi connectivity index (χ3v) is 5.23. The van der Waals surface area contributed by atoms with Gasteiger partial charge in [0.15, 0.2) is 5.11 Å². The molecule has 2 N–H and O–H groups in total. The van der Waals surface area contributed by atoms with Crippen LogP contribution in [0.5, 0.6) is 0 Å². The average molecular weight is 423 g/mol. The largest absolute Gasteiger partial charge is 0.368 e. The number of hydrogen-bond acceptors (Lipinski definition) is 4. The van der Waals surface area contributed by atoms with E-state index in [-0.39, 0.29) is 11.0 Å². The van der Waals surface area contributed by atoms with E-state index in [9.17, 15) is 4.79 Å². The fourth-order valence-corrected chi connectivity index (χ4v) is 3.60. The SMILES string of the molecule is CN1CCN(c2ccc(NC(=S)NC(=O)c3ccccc3Cl)cc2Cl)CC1. The van der Waals surface area contributed by atoms with Crippen molar-refractivity contribution in [3.05, 3.63) is 58.1 Å². The van der Waals surface area contributed by atoms with E-state index in [4.69, 9.17) is 35.4 Å². The highest BCUT2D eigenvalue weighted by atomic mass is 35.5.